The molecular formula is C11H14N4O. The number of nitrogens with one attached hydrogen (secondary N) is 2. The smallest absolute Gasteiger partial charge is 0.115 e. The van der Waals surface area contributed by atoms with E-state index in [9.17, 15) is 0 Å². The Hall–Kier alpha value is -1.62. The zero-order chi connectivity index (χ0) is 10.8. The molecule has 5 nitrogen and oxygen atoms in total. The molecule has 0 spiro atoms. The summed E-state index contributed by atoms with van der Waals surface area (Å²) in [5.41, 5.74) is 2.88. The molecule has 2 aromatic rings. The zero-order valence-corrected chi connectivity index (χ0v) is 8.94. The van der Waals surface area contributed by atoms with E-state index in [2.05, 4.69) is 20.7 Å². The first-order valence-corrected chi connectivity index (χ1v) is 5.54. The van der Waals surface area contributed by atoms with Gasteiger partial charge in [-0.15, -0.1) is 0 Å². The Kier molecular flexibility index (Phi) is 2.46. The highest BCUT2D eigenvalue weighted by molar-refractivity contribution is 5.77. The molecule has 0 amide bonds. The molecule has 5 heteroatoms. The van der Waals surface area contributed by atoms with Crippen LogP contribution in [-0.2, 0) is 4.74 Å². The van der Waals surface area contributed by atoms with E-state index < -0.39 is 0 Å². The summed E-state index contributed by atoms with van der Waals surface area (Å²) in [7, 11) is 0. The highest BCUT2D eigenvalue weighted by Crippen LogP contribution is 2.17. The monoisotopic (exact) mass is 218 g/mol. The Morgan fingerprint density at radius 3 is 3.19 bits per heavy atom. The van der Waals surface area contributed by atoms with Crippen molar-refractivity contribution in [3.05, 3.63) is 18.2 Å². The van der Waals surface area contributed by atoms with Gasteiger partial charge in [0.1, 0.15) is 11.0 Å². The molecular weight excluding hydrogens is 204 g/mol. The van der Waals surface area contributed by atoms with Gasteiger partial charge in [0.25, 0.3) is 0 Å². The minimum Gasteiger partial charge on any atom is -0.385 e. The second kappa shape index (κ2) is 4.09. The summed E-state index contributed by atoms with van der Waals surface area (Å²) in [6, 6.07) is 6.00. The Balaban J connectivity index is 1.68. The molecule has 1 aromatic heterocycles. The summed E-state index contributed by atoms with van der Waals surface area (Å²) in [5, 5.41) is 14.1. The van der Waals surface area contributed by atoms with Crippen LogP contribution in [0.4, 0.5) is 5.69 Å². The first-order valence-electron chi connectivity index (χ1n) is 5.54. The number of benzene rings is 1. The fraction of sp³-hybridized carbons (Fsp3) is 0.455. The third kappa shape index (κ3) is 1.86. The second-order valence-electron chi connectivity index (χ2n) is 4.14. The van der Waals surface area contributed by atoms with E-state index >= 15 is 0 Å². The second-order valence-corrected chi connectivity index (χ2v) is 4.14. The van der Waals surface area contributed by atoms with Gasteiger partial charge in [-0.25, -0.2) is 0 Å². The maximum absolute atomic E-state index is 5.34. The lowest BCUT2D eigenvalue weighted by Gasteiger charge is -2.10. The Morgan fingerprint density at radius 2 is 2.31 bits per heavy atom. The van der Waals surface area contributed by atoms with Crippen molar-refractivity contribution in [3.63, 3.8) is 0 Å². The van der Waals surface area contributed by atoms with Gasteiger partial charge >= 0.3 is 0 Å². The molecule has 1 aliphatic rings. The number of anilines is 1. The molecule has 1 unspecified atom stereocenters. The minimum atomic E-state index is 0.632. The van der Waals surface area contributed by atoms with Gasteiger partial charge in [0, 0.05) is 24.8 Å². The molecule has 1 aliphatic heterocycles. The number of hydrogen-bond acceptors (Lipinski definition) is 4. The summed E-state index contributed by atoms with van der Waals surface area (Å²) in [4.78, 5) is 0. The molecule has 2 N–H and O–H groups in total. The number of nitrogens with zero attached hydrogens (tertiary/aromatic N) is 2. The molecule has 84 valence electrons. The van der Waals surface area contributed by atoms with Gasteiger partial charge in [0.05, 0.1) is 6.61 Å². The fourth-order valence-corrected chi connectivity index (χ4v) is 1.96. The molecule has 1 atom stereocenters. The summed E-state index contributed by atoms with van der Waals surface area (Å²) >= 11 is 0. The van der Waals surface area contributed by atoms with E-state index in [0.29, 0.717) is 5.92 Å². The lowest BCUT2D eigenvalue weighted by atomic mass is 10.1. The molecule has 1 saturated heterocycles. The predicted octanol–water partition coefficient (Wildman–Crippen LogP) is 1.41. The van der Waals surface area contributed by atoms with Crippen LogP contribution in [0.1, 0.15) is 6.42 Å². The maximum atomic E-state index is 5.34. The zero-order valence-electron chi connectivity index (χ0n) is 8.94. The summed E-state index contributed by atoms with van der Waals surface area (Å²) in [6.07, 6.45) is 1.15. The first kappa shape index (κ1) is 9.59. The highest BCUT2D eigenvalue weighted by Gasteiger charge is 2.14. The van der Waals surface area contributed by atoms with Crippen LogP contribution in [0.5, 0.6) is 0 Å². The SMILES string of the molecule is c1cc2n[nH]nc2cc1NCC1CCOC1. The molecule has 0 radical (unpaired) electrons. The standard InChI is InChI=1S/C11H14N4O/c1-2-10-11(14-15-13-10)5-9(1)12-6-8-3-4-16-7-8/h1-2,5,8,12H,3-4,6-7H2,(H,13,14,15). The fourth-order valence-electron chi connectivity index (χ4n) is 1.96. The molecule has 3 rings (SSSR count). The number of H-pyrrole nitrogens is 1. The molecule has 1 aromatic carbocycles. The van der Waals surface area contributed by atoms with E-state index in [-0.39, 0.29) is 0 Å². The normalized spacial score (nSPS) is 20.4. The lowest BCUT2D eigenvalue weighted by molar-refractivity contribution is 0.187. The van der Waals surface area contributed by atoms with Crippen molar-refractivity contribution in [2.75, 3.05) is 25.1 Å². The van der Waals surface area contributed by atoms with E-state index in [1.807, 2.05) is 18.2 Å². The van der Waals surface area contributed by atoms with Crippen LogP contribution in [0.3, 0.4) is 0 Å². The van der Waals surface area contributed by atoms with Crippen molar-refractivity contribution in [2.45, 2.75) is 6.42 Å². The summed E-state index contributed by atoms with van der Waals surface area (Å²) in [6.45, 7) is 2.73. The van der Waals surface area contributed by atoms with Gasteiger partial charge in [-0.3, -0.25) is 0 Å². The van der Waals surface area contributed by atoms with Crippen LogP contribution in [-0.4, -0.2) is 35.2 Å². The highest BCUT2D eigenvalue weighted by atomic mass is 16.5. The molecule has 1 fully saturated rings. The number of hydrogen-bond donors (Lipinski definition) is 2. The number of ether oxygens (including phenoxy) is 1. The van der Waals surface area contributed by atoms with Crippen molar-refractivity contribution in [3.8, 4) is 0 Å². The van der Waals surface area contributed by atoms with Crippen molar-refractivity contribution in [1.82, 2.24) is 15.4 Å². The van der Waals surface area contributed by atoms with Gasteiger partial charge in [-0.05, 0) is 24.6 Å². The molecule has 2 heterocycles. The number of rotatable bonds is 3. The quantitative estimate of drug-likeness (QED) is 0.817. The summed E-state index contributed by atoms with van der Waals surface area (Å²) < 4.78 is 5.34. The van der Waals surface area contributed by atoms with Gasteiger partial charge in [0.2, 0.25) is 0 Å². The van der Waals surface area contributed by atoms with Crippen molar-refractivity contribution >= 4 is 16.7 Å². The van der Waals surface area contributed by atoms with Crippen LogP contribution in [0.15, 0.2) is 18.2 Å². The van der Waals surface area contributed by atoms with Gasteiger partial charge in [-0.1, -0.05) is 0 Å². The Labute approximate surface area is 93.2 Å². The number of aromatic amines is 1. The molecule has 0 saturated carbocycles. The first-order chi connectivity index (χ1) is 7.92. The van der Waals surface area contributed by atoms with Crippen molar-refractivity contribution in [2.24, 2.45) is 5.92 Å². The maximum Gasteiger partial charge on any atom is 0.115 e. The van der Waals surface area contributed by atoms with Gasteiger partial charge < -0.3 is 10.1 Å². The van der Waals surface area contributed by atoms with E-state index in [4.69, 9.17) is 4.74 Å². The Bertz CT molecular complexity index is 476. The molecule has 0 aliphatic carbocycles. The number of fused-ring (bicyclic) bond motifs is 1. The number of aromatic nitrogens is 3. The predicted molar refractivity (Wildman–Crippen MR) is 61.3 cm³/mol. The molecule has 0 bridgehead atoms. The van der Waals surface area contributed by atoms with Crippen LogP contribution >= 0.6 is 0 Å². The third-order valence-corrected chi connectivity index (χ3v) is 2.94. The van der Waals surface area contributed by atoms with Crippen LogP contribution < -0.4 is 5.32 Å². The Morgan fingerprint density at radius 1 is 1.38 bits per heavy atom. The average Bonchev–Trinajstić information content (AvgIpc) is 2.97. The van der Waals surface area contributed by atoms with Gasteiger partial charge in [0.15, 0.2) is 0 Å². The van der Waals surface area contributed by atoms with Crippen molar-refractivity contribution < 1.29 is 4.74 Å². The minimum absolute atomic E-state index is 0.632. The van der Waals surface area contributed by atoms with E-state index in [1.54, 1.807) is 0 Å². The van der Waals surface area contributed by atoms with Gasteiger partial charge in [-0.2, -0.15) is 15.4 Å². The topological polar surface area (TPSA) is 62.8 Å². The third-order valence-electron chi connectivity index (χ3n) is 2.94. The van der Waals surface area contributed by atoms with E-state index in [0.717, 1.165) is 42.9 Å². The van der Waals surface area contributed by atoms with Crippen molar-refractivity contribution in [1.29, 1.82) is 0 Å². The largest absolute Gasteiger partial charge is 0.385 e. The van der Waals surface area contributed by atoms with E-state index in [1.165, 1.54) is 0 Å². The lowest BCUT2D eigenvalue weighted by Crippen LogP contribution is -2.13. The average molecular weight is 218 g/mol. The molecule has 16 heavy (non-hydrogen) atoms. The van der Waals surface area contributed by atoms with Crippen LogP contribution in [0.2, 0.25) is 0 Å². The van der Waals surface area contributed by atoms with Crippen LogP contribution in [0, 0.1) is 5.92 Å². The summed E-state index contributed by atoms with van der Waals surface area (Å²) in [5.74, 6) is 0.632. The van der Waals surface area contributed by atoms with Crippen LogP contribution in [0.25, 0.3) is 11.0 Å².